The smallest absolute Gasteiger partial charge is 0.253 e. The number of thioether (sulfide) groups is 1. The van der Waals surface area contributed by atoms with E-state index in [1.54, 1.807) is 29.6 Å². The van der Waals surface area contributed by atoms with Crippen LogP contribution in [0, 0.1) is 0 Å². The van der Waals surface area contributed by atoms with Gasteiger partial charge in [-0.25, -0.2) is 9.50 Å². The number of aromatic nitrogens is 4. The summed E-state index contributed by atoms with van der Waals surface area (Å²) in [5.74, 6) is 2.24. The van der Waals surface area contributed by atoms with Crippen molar-refractivity contribution in [3.63, 3.8) is 0 Å². The summed E-state index contributed by atoms with van der Waals surface area (Å²) in [5.41, 5.74) is 3.67. The van der Waals surface area contributed by atoms with E-state index in [2.05, 4.69) is 27.2 Å². The standard InChI is InChI=1S/C23H20N4O2S/c1-29-21-10-6-5-9-17(21)16-11-19-18(20(28)12-16)13-27-22(24-19)25-23(26-27)30-14-15-7-3-2-4-8-15/h2-10,13,16H,11-12,14H2,1H3/t16-/m1/s1. The number of ketones is 1. The lowest BCUT2D eigenvalue weighted by molar-refractivity contribution is 0.0962. The topological polar surface area (TPSA) is 69.4 Å². The van der Waals surface area contributed by atoms with Crippen LogP contribution in [0.25, 0.3) is 5.78 Å². The molecule has 0 saturated carbocycles. The Morgan fingerprint density at radius 3 is 2.70 bits per heavy atom. The van der Waals surface area contributed by atoms with Crippen LogP contribution in [0.15, 0.2) is 66.0 Å². The summed E-state index contributed by atoms with van der Waals surface area (Å²) in [6.45, 7) is 0. The van der Waals surface area contributed by atoms with Crippen LogP contribution in [0.1, 0.15) is 39.5 Å². The summed E-state index contributed by atoms with van der Waals surface area (Å²) < 4.78 is 7.12. The number of carbonyl (C=O) groups excluding carboxylic acids is 1. The lowest BCUT2D eigenvalue weighted by atomic mass is 9.82. The van der Waals surface area contributed by atoms with Crippen molar-refractivity contribution < 1.29 is 9.53 Å². The van der Waals surface area contributed by atoms with Gasteiger partial charge in [-0.1, -0.05) is 60.3 Å². The van der Waals surface area contributed by atoms with Crippen LogP contribution in [0.4, 0.5) is 0 Å². The third-order valence-corrected chi connectivity index (χ3v) is 6.26. The fourth-order valence-corrected chi connectivity index (χ4v) is 4.65. The van der Waals surface area contributed by atoms with E-state index in [9.17, 15) is 4.79 Å². The number of ether oxygens (including phenoxy) is 1. The average Bonchev–Trinajstić information content (AvgIpc) is 3.19. The number of fused-ring (bicyclic) bond motifs is 2. The van der Waals surface area contributed by atoms with Crippen molar-refractivity contribution in [3.05, 3.63) is 83.2 Å². The molecule has 4 aromatic rings. The van der Waals surface area contributed by atoms with E-state index in [1.807, 2.05) is 42.5 Å². The molecule has 2 heterocycles. The minimum atomic E-state index is 0.0472. The third kappa shape index (κ3) is 3.57. The largest absolute Gasteiger partial charge is 0.496 e. The molecule has 0 N–H and O–H groups in total. The zero-order chi connectivity index (χ0) is 20.5. The molecule has 6 nitrogen and oxygen atoms in total. The van der Waals surface area contributed by atoms with Gasteiger partial charge in [0.25, 0.3) is 5.78 Å². The molecule has 0 bridgehead atoms. The second kappa shape index (κ2) is 7.91. The summed E-state index contributed by atoms with van der Waals surface area (Å²) in [5, 5.41) is 5.16. The van der Waals surface area contributed by atoms with Crippen molar-refractivity contribution in [1.29, 1.82) is 0 Å². The molecule has 0 saturated heterocycles. The molecule has 0 fully saturated rings. The van der Waals surface area contributed by atoms with Gasteiger partial charge in [0.15, 0.2) is 5.78 Å². The van der Waals surface area contributed by atoms with Crippen LogP contribution < -0.4 is 4.74 Å². The van der Waals surface area contributed by atoms with Crippen molar-refractivity contribution in [2.45, 2.75) is 29.7 Å². The molecule has 0 radical (unpaired) electrons. The van der Waals surface area contributed by atoms with E-state index in [0.29, 0.717) is 29.3 Å². The highest BCUT2D eigenvalue weighted by Gasteiger charge is 2.30. The number of nitrogens with zero attached hydrogens (tertiary/aromatic N) is 4. The van der Waals surface area contributed by atoms with Gasteiger partial charge in [-0.05, 0) is 23.6 Å². The highest BCUT2D eigenvalue weighted by molar-refractivity contribution is 7.98. The SMILES string of the molecule is COc1ccccc1[C@H]1CC(=O)c2cn3nc(SCc4ccccc4)nc3nc2C1. The second-order valence-electron chi connectivity index (χ2n) is 7.28. The number of benzene rings is 2. The predicted molar refractivity (Wildman–Crippen MR) is 115 cm³/mol. The van der Waals surface area contributed by atoms with Crippen LogP contribution in [0.5, 0.6) is 5.75 Å². The molecule has 0 unspecified atom stereocenters. The Bertz CT molecular complexity index is 1220. The number of Topliss-reactive ketones (excluding diaryl/α,β-unsaturated/α-hetero) is 1. The molecule has 1 aliphatic rings. The van der Waals surface area contributed by atoms with Crippen molar-refractivity contribution in [2.24, 2.45) is 0 Å². The molecule has 1 aliphatic carbocycles. The minimum absolute atomic E-state index is 0.0472. The fraction of sp³-hybridized carbons (Fsp3) is 0.217. The van der Waals surface area contributed by atoms with Gasteiger partial charge >= 0.3 is 0 Å². The van der Waals surface area contributed by atoms with Crippen LogP contribution in [0.3, 0.4) is 0 Å². The van der Waals surface area contributed by atoms with Gasteiger partial charge in [0.05, 0.1) is 18.4 Å². The summed E-state index contributed by atoms with van der Waals surface area (Å²) >= 11 is 1.56. The number of para-hydroxylation sites is 1. The molecule has 0 spiro atoms. The Morgan fingerprint density at radius 2 is 1.87 bits per heavy atom. The number of methoxy groups -OCH3 is 1. The van der Waals surface area contributed by atoms with Gasteiger partial charge in [0.2, 0.25) is 5.16 Å². The van der Waals surface area contributed by atoms with Crippen LogP contribution in [-0.4, -0.2) is 32.5 Å². The molecule has 0 amide bonds. The molecule has 0 aliphatic heterocycles. The van der Waals surface area contributed by atoms with Crippen molar-refractivity contribution >= 4 is 23.3 Å². The molecule has 5 rings (SSSR count). The van der Waals surface area contributed by atoms with E-state index < -0.39 is 0 Å². The van der Waals surface area contributed by atoms with E-state index in [4.69, 9.17) is 4.74 Å². The number of carbonyl (C=O) groups is 1. The van der Waals surface area contributed by atoms with Gasteiger partial charge in [-0.2, -0.15) is 4.98 Å². The molecule has 2 aromatic heterocycles. The van der Waals surface area contributed by atoms with Crippen molar-refractivity contribution in [2.75, 3.05) is 7.11 Å². The van der Waals surface area contributed by atoms with Gasteiger partial charge in [-0.3, -0.25) is 4.79 Å². The molecule has 150 valence electrons. The maximum Gasteiger partial charge on any atom is 0.253 e. The van der Waals surface area contributed by atoms with Crippen molar-refractivity contribution in [1.82, 2.24) is 19.6 Å². The first kappa shape index (κ1) is 18.8. The Balaban J connectivity index is 1.43. The van der Waals surface area contributed by atoms with Gasteiger partial charge < -0.3 is 4.74 Å². The highest BCUT2D eigenvalue weighted by atomic mass is 32.2. The maximum atomic E-state index is 12.9. The Morgan fingerprint density at radius 1 is 1.07 bits per heavy atom. The van der Waals surface area contributed by atoms with Crippen molar-refractivity contribution in [3.8, 4) is 5.75 Å². The van der Waals surface area contributed by atoms with Crippen LogP contribution >= 0.6 is 11.8 Å². The third-order valence-electron chi connectivity index (χ3n) is 5.35. The van der Waals surface area contributed by atoms with E-state index in [0.717, 1.165) is 22.8 Å². The Hall–Kier alpha value is -3.19. The Labute approximate surface area is 178 Å². The van der Waals surface area contributed by atoms with Gasteiger partial charge in [0, 0.05) is 24.3 Å². The lowest BCUT2D eigenvalue weighted by Gasteiger charge is -2.24. The first-order valence-electron chi connectivity index (χ1n) is 9.80. The summed E-state index contributed by atoms with van der Waals surface area (Å²) in [4.78, 5) is 22.1. The molecular weight excluding hydrogens is 396 g/mol. The second-order valence-corrected chi connectivity index (χ2v) is 8.23. The highest BCUT2D eigenvalue weighted by Crippen LogP contribution is 2.36. The molecule has 2 aromatic carbocycles. The predicted octanol–water partition coefficient (Wildman–Crippen LogP) is 4.34. The minimum Gasteiger partial charge on any atom is -0.496 e. The quantitative estimate of drug-likeness (QED) is 0.451. The molecule has 1 atom stereocenters. The molecular formula is C23H20N4O2S. The van der Waals surface area contributed by atoms with Gasteiger partial charge in [-0.15, -0.1) is 5.10 Å². The molecule has 30 heavy (non-hydrogen) atoms. The zero-order valence-electron chi connectivity index (χ0n) is 16.5. The number of hydrogen-bond acceptors (Lipinski definition) is 6. The Kier molecular flexibility index (Phi) is 4.96. The fourth-order valence-electron chi connectivity index (χ4n) is 3.87. The first-order valence-corrected chi connectivity index (χ1v) is 10.8. The number of hydrogen-bond donors (Lipinski definition) is 0. The average molecular weight is 417 g/mol. The van der Waals surface area contributed by atoms with E-state index in [1.165, 1.54) is 5.56 Å². The summed E-state index contributed by atoms with van der Waals surface area (Å²) in [6.07, 6.45) is 2.89. The van der Waals surface area contributed by atoms with Crippen LogP contribution in [-0.2, 0) is 12.2 Å². The van der Waals surface area contributed by atoms with Crippen LogP contribution in [0.2, 0.25) is 0 Å². The zero-order valence-corrected chi connectivity index (χ0v) is 17.3. The number of rotatable bonds is 5. The summed E-state index contributed by atoms with van der Waals surface area (Å²) in [7, 11) is 1.66. The van der Waals surface area contributed by atoms with E-state index >= 15 is 0 Å². The van der Waals surface area contributed by atoms with E-state index in [-0.39, 0.29) is 11.7 Å². The monoisotopic (exact) mass is 416 g/mol. The molecule has 7 heteroatoms. The summed E-state index contributed by atoms with van der Waals surface area (Å²) in [6, 6.07) is 18.1. The first-order chi connectivity index (χ1) is 14.7. The normalized spacial score (nSPS) is 15.9. The lowest BCUT2D eigenvalue weighted by Crippen LogP contribution is -2.21. The maximum absolute atomic E-state index is 12.9. The van der Waals surface area contributed by atoms with Gasteiger partial charge in [0.1, 0.15) is 5.75 Å².